The SMILES string of the molecule is CCCCCC1CNc2c(C)cccc21. The van der Waals surface area contributed by atoms with E-state index >= 15 is 0 Å². The van der Waals surface area contributed by atoms with E-state index in [0.717, 1.165) is 12.5 Å². The molecule has 1 N–H and O–H groups in total. The maximum absolute atomic E-state index is 3.55. The van der Waals surface area contributed by atoms with Gasteiger partial charge in [-0.25, -0.2) is 0 Å². The number of benzene rings is 1. The van der Waals surface area contributed by atoms with Gasteiger partial charge in [0.1, 0.15) is 0 Å². The Bertz CT molecular complexity index is 330. The van der Waals surface area contributed by atoms with Crippen molar-refractivity contribution in [3.05, 3.63) is 29.3 Å². The van der Waals surface area contributed by atoms with E-state index in [2.05, 4.69) is 37.4 Å². The Morgan fingerprint density at radius 1 is 1.33 bits per heavy atom. The molecule has 2 rings (SSSR count). The molecule has 0 spiro atoms. The number of hydrogen-bond donors (Lipinski definition) is 1. The van der Waals surface area contributed by atoms with Crippen LogP contribution in [0, 0.1) is 6.92 Å². The quantitative estimate of drug-likeness (QED) is 0.727. The van der Waals surface area contributed by atoms with Crippen LogP contribution < -0.4 is 5.32 Å². The molecule has 0 aromatic heterocycles. The maximum atomic E-state index is 3.55. The van der Waals surface area contributed by atoms with Gasteiger partial charge in [-0.3, -0.25) is 0 Å². The summed E-state index contributed by atoms with van der Waals surface area (Å²) in [5, 5.41) is 3.55. The summed E-state index contributed by atoms with van der Waals surface area (Å²) in [6.45, 7) is 5.61. The fraction of sp³-hybridized carbons (Fsp3) is 0.571. The van der Waals surface area contributed by atoms with Crippen molar-refractivity contribution in [1.29, 1.82) is 0 Å². The molecule has 0 bridgehead atoms. The van der Waals surface area contributed by atoms with Crippen molar-refractivity contribution in [2.75, 3.05) is 11.9 Å². The third kappa shape index (κ3) is 2.17. The largest absolute Gasteiger partial charge is 0.384 e. The molecule has 1 heteroatoms. The third-order valence-electron chi connectivity index (χ3n) is 3.43. The molecule has 1 unspecified atom stereocenters. The van der Waals surface area contributed by atoms with Crippen LogP contribution >= 0.6 is 0 Å². The average molecular weight is 203 g/mol. The second kappa shape index (κ2) is 4.69. The predicted octanol–water partition coefficient (Wildman–Crippen LogP) is 4.08. The maximum Gasteiger partial charge on any atom is 0.0406 e. The molecule has 1 aromatic rings. The molecule has 1 atom stereocenters. The van der Waals surface area contributed by atoms with Gasteiger partial charge >= 0.3 is 0 Å². The van der Waals surface area contributed by atoms with Crippen LogP contribution in [0.5, 0.6) is 0 Å². The Balaban J connectivity index is 2.05. The minimum Gasteiger partial charge on any atom is -0.384 e. The van der Waals surface area contributed by atoms with Gasteiger partial charge in [-0.15, -0.1) is 0 Å². The molecular formula is C14H21N. The Labute approximate surface area is 92.9 Å². The molecular weight excluding hydrogens is 182 g/mol. The lowest BCUT2D eigenvalue weighted by Crippen LogP contribution is -2.01. The Hall–Kier alpha value is -0.980. The van der Waals surface area contributed by atoms with E-state index in [1.165, 1.54) is 36.9 Å². The highest BCUT2D eigenvalue weighted by Crippen LogP contribution is 2.36. The molecule has 15 heavy (non-hydrogen) atoms. The summed E-state index contributed by atoms with van der Waals surface area (Å²) in [6.07, 6.45) is 5.41. The lowest BCUT2D eigenvalue weighted by atomic mass is 9.94. The van der Waals surface area contributed by atoms with E-state index < -0.39 is 0 Å². The van der Waals surface area contributed by atoms with E-state index in [9.17, 15) is 0 Å². The van der Waals surface area contributed by atoms with Crippen molar-refractivity contribution in [3.8, 4) is 0 Å². The summed E-state index contributed by atoms with van der Waals surface area (Å²) in [6, 6.07) is 6.67. The van der Waals surface area contributed by atoms with Crippen LogP contribution in [-0.2, 0) is 0 Å². The van der Waals surface area contributed by atoms with Crippen molar-refractivity contribution in [3.63, 3.8) is 0 Å². The van der Waals surface area contributed by atoms with Gasteiger partial charge in [0.2, 0.25) is 0 Å². The molecule has 82 valence electrons. The topological polar surface area (TPSA) is 12.0 Å². The molecule has 1 nitrogen and oxygen atoms in total. The summed E-state index contributed by atoms with van der Waals surface area (Å²) < 4.78 is 0. The molecule has 0 saturated carbocycles. The Morgan fingerprint density at radius 2 is 2.20 bits per heavy atom. The van der Waals surface area contributed by atoms with Crippen molar-refractivity contribution in [2.24, 2.45) is 0 Å². The number of para-hydroxylation sites is 1. The van der Waals surface area contributed by atoms with E-state index in [-0.39, 0.29) is 0 Å². The first-order valence-electron chi connectivity index (χ1n) is 6.16. The summed E-state index contributed by atoms with van der Waals surface area (Å²) >= 11 is 0. The molecule has 0 fully saturated rings. The molecule has 0 amide bonds. The third-order valence-corrected chi connectivity index (χ3v) is 3.43. The number of anilines is 1. The smallest absolute Gasteiger partial charge is 0.0406 e. The minimum absolute atomic E-state index is 0.756. The zero-order valence-corrected chi connectivity index (χ0v) is 9.84. The monoisotopic (exact) mass is 203 g/mol. The van der Waals surface area contributed by atoms with E-state index in [0.29, 0.717) is 0 Å². The first-order valence-corrected chi connectivity index (χ1v) is 6.16. The van der Waals surface area contributed by atoms with E-state index in [1.54, 1.807) is 5.56 Å². The van der Waals surface area contributed by atoms with Gasteiger partial charge in [0.15, 0.2) is 0 Å². The van der Waals surface area contributed by atoms with Crippen molar-refractivity contribution in [1.82, 2.24) is 0 Å². The minimum atomic E-state index is 0.756. The zero-order chi connectivity index (χ0) is 10.7. The highest BCUT2D eigenvalue weighted by molar-refractivity contribution is 5.62. The number of aryl methyl sites for hydroxylation is 1. The summed E-state index contributed by atoms with van der Waals surface area (Å²) in [5.74, 6) is 0.756. The molecule has 1 aliphatic rings. The van der Waals surface area contributed by atoms with E-state index in [1.807, 2.05) is 0 Å². The number of hydrogen-bond acceptors (Lipinski definition) is 1. The Kier molecular flexibility index (Phi) is 3.30. The number of nitrogens with one attached hydrogen (secondary N) is 1. The van der Waals surface area contributed by atoms with Crippen molar-refractivity contribution >= 4 is 5.69 Å². The molecule has 1 aliphatic heterocycles. The van der Waals surface area contributed by atoms with Crippen molar-refractivity contribution in [2.45, 2.75) is 45.4 Å². The van der Waals surface area contributed by atoms with Crippen LogP contribution in [0.4, 0.5) is 5.69 Å². The van der Waals surface area contributed by atoms with Gasteiger partial charge in [-0.2, -0.15) is 0 Å². The number of unbranched alkanes of at least 4 members (excludes halogenated alkanes) is 2. The van der Waals surface area contributed by atoms with Gasteiger partial charge in [-0.1, -0.05) is 44.4 Å². The van der Waals surface area contributed by atoms with Crippen LogP contribution in [-0.4, -0.2) is 6.54 Å². The van der Waals surface area contributed by atoms with Gasteiger partial charge in [0.25, 0.3) is 0 Å². The standard InChI is InChI=1S/C14H21N/c1-3-4-5-8-12-10-15-14-11(2)7-6-9-13(12)14/h6-7,9,12,15H,3-5,8,10H2,1-2H3. The van der Waals surface area contributed by atoms with Gasteiger partial charge in [0, 0.05) is 18.2 Å². The molecule has 0 saturated heterocycles. The zero-order valence-electron chi connectivity index (χ0n) is 9.84. The Morgan fingerprint density at radius 3 is 3.00 bits per heavy atom. The number of rotatable bonds is 4. The van der Waals surface area contributed by atoms with Gasteiger partial charge < -0.3 is 5.32 Å². The van der Waals surface area contributed by atoms with Crippen LogP contribution in [0.2, 0.25) is 0 Å². The van der Waals surface area contributed by atoms with Gasteiger partial charge in [-0.05, 0) is 24.5 Å². The molecule has 0 aliphatic carbocycles. The summed E-state index contributed by atoms with van der Waals surface area (Å²) in [7, 11) is 0. The lowest BCUT2D eigenvalue weighted by Gasteiger charge is -2.09. The average Bonchev–Trinajstić information content (AvgIpc) is 2.64. The molecule has 1 aromatic carbocycles. The van der Waals surface area contributed by atoms with Crippen molar-refractivity contribution < 1.29 is 0 Å². The van der Waals surface area contributed by atoms with Crippen LogP contribution in [0.3, 0.4) is 0 Å². The second-order valence-electron chi connectivity index (χ2n) is 4.61. The number of fused-ring (bicyclic) bond motifs is 1. The summed E-state index contributed by atoms with van der Waals surface area (Å²) in [4.78, 5) is 0. The highest BCUT2D eigenvalue weighted by atomic mass is 14.9. The normalized spacial score (nSPS) is 18.7. The fourth-order valence-electron chi connectivity index (χ4n) is 2.51. The van der Waals surface area contributed by atoms with E-state index in [4.69, 9.17) is 0 Å². The first kappa shape index (κ1) is 10.5. The van der Waals surface area contributed by atoms with Crippen LogP contribution in [0.1, 0.15) is 49.7 Å². The van der Waals surface area contributed by atoms with Crippen LogP contribution in [0.25, 0.3) is 0 Å². The molecule has 1 heterocycles. The lowest BCUT2D eigenvalue weighted by molar-refractivity contribution is 0.596. The van der Waals surface area contributed by atoms with Crippen LogP contribution in [0.15, 0.2) is 18.2 Å². The fourth-order valence-corrected chi connectivity index (χ4v) is 2.51. The predicted molar refractivity (Wildman–Crippen MR) is 66.6 cm³/mol. The first-order chi connectivity index (χ1) is 7.33. The summed E-state index contributed by atoms with van der Waals surface area (Å²) in [5.41, 5.74) is 4.34. The highest BCUT2D eigenvalue weighted by Gasteiger charge is 2.22. The van der Waals surface area contributed by atoms with Gasteiger partial charge in [0.05, 0.1) is 0 Å². The second-order valence-corrected chi connectivity index (χ2v) is 4.61. The molecule has 0 radical (unpaired) electrons.